The monoisotopic (exact) mass is 220 g/mol. The molecule has 2 nitrogen and oxygen atoms in total. The van der Waals surface area contributed by atoms with E-state index in [4.69, 9.17) is 4.74 Å². The molecule has 16 heavy (non-hydrogen) atoms. The first-order valence-electron chi connectivity index (χ1n) is 5.88. The molecule has 0 radical (unpaired) electrons. The molecule has 1 rings (SSSR count). The maximum Gasteiger partial charge on any atom is 0.153 e. The van der Waals surface area contributed by atoms with Crippen molar-refractivity contribution in [2.45, 2.75) is 40.0 Å². The van der Waals surface area contributed by atoms with Gasteiger partial charge in [0.2, 0.25) is 0 Å². The van der Waals surface area contributed by atoms with Gasteiger partial charge in [-0.25, -0.2) is 0 Å². The lowest BCUT2D eigenvalue weighted by atomic mass is 10.1. The summed E-state index contributed by atoms with van der Waals surface area (Å²) in [7, 11) is 0. The van der Waals surface area contributed by atoms with Gasteiger partial charge in [0.05, 0.1) is 12.2 Å². The van der Waals surface area contributed by atoms with Crippen molar-refractivity contribution in [3.8, 4) is 5.75 Å². The quantitative estimate of drug-likeness (QED) is 0.540. The summed E-state index contributed by atoms with van der Waals surface area (Å²) in [5.41, 5.74) is 2.80. The summed E-state index contributed by atoms with van der Waals surface area (Å²) in [5.74, 6) is 0.747. The van der Waals surface area contributed by atoms with Crippen molar-refractivity contribution in [3.05, 3.63) is 28.8 Å². The number of aldehydes is 1. The molecule has 0 aliphatic heterocycles. The SMILES string of the molecule is CCCCCOc1c(C)cc(C)cc1C=O. The number of hydrogen-bond donors (Lipinski definition) is 0. The molecule has 0 heterocycles. The fourth-order valence-electron chi connectivity index (χ4n) is 1.80. The fourth-order valence-corrected chi connectivity index (χ4v) is 1.80. The molecule has 88 valence electrons. The Morgan fingerprint density at radius 1 is 1.25 bits per heavy atom. The summed E-state index contributed by atoms with van der Waals surface area (Å²) in [5, 5.41) is 0. The zero-order valence-corrected chi connectivity index (χ0v) is 10.4. The predicted molar refractivity (Wildman–Crippen MR) is 66.3 cm³/mol. The number of benzene rings is 1. The van der Waals surface area contributed by atoms with Crippen molar-refractivity contribution in [1.82, 2.24) is 0 Å². The van der Waals surface area contributed by atoms with Crippen molar-refractivity contribution in [1.29, 1.82) is 0 Å². The van der Waals surface area contributed by atoms with Crippen molar-refractivity contribution in [3.63, 3.8) is 0 Å². The van der Waals surface area contributed by atoms with Gasteiger partial charge in [-0.05, 0) is 37.5 Å². The number of rotatable bonds is 6. The highest BCUT2D eigenvalue weighted by Crippen LogP contribution is 2.24. The number of hydrogen-bond acceptors (Lipinski definition) is 2. The van der Waals surface area contributed by atoms with Crippen LogP contribution in [0.1, 0.15) is 47.7 Å². The Labute approximate surface area is 97.6 Å². The third-order valence-electron chi connectivity index (χ3n) is 2.57. The first-order chi connectivity index (χ1) is 7.69. The van der Waals surface area contributed by atoms with E-state index in [1.165, 1.54) is 12.8 Å². The molecular formula is C14H20O2. The van der Waals surface area contributed by atoms with Crippen LogP contribution in [-0.2, 0) is 0 Å². The zero-order chi connectivity index (χ0) is 12.0. The van der Waals surface area contributed by atoms with Crippen LogP contribution in [0, 0.1) is 13.8 Å². The molecule has 1 aromatic carbocycles. The van der Waals surface area contributed by atoms with Crippen LogP contribution in [0.4, 0.5) is 0 Å². The third-order valence-corrected chi connectivity index (χ3v) is 2.57. The molecule has 0 atom stereocenters. The smallest absolute Gasteiger partial charge is 0.153 e. The lowest BCUT2D eigenvalue weighted by Crippen LogP contribution is -2.02. The van der Waals surface area contributed by atoms with Crippen LogP contribution in [0.3, 0.4) is 0 Å². The van der Waals surface area contributed by atoms with Crippen molar-refractivity contribution in [2.24, 2.45) is 0 Å². The highest BCUT2D eigenvalue weighted by atomic mass is 16.5. The highest BCUT2D eigenvalue weighted by Gasteiger charge is 2.07. The van der Waals surface area contributed by atoms with Gasteiger partial charge in [-0.15, -0.1) is 0 Å². The van der Waals surface area contributed by atoms with E-state index in [-0.39, 0.29) is 0 Å². The molecule has 0 amide bonds. The van der Waals surface area contributed by atoms with Gasteiger partial charge in [-0.1, -0.05) is 25.8 Å². The molecule has 0 N–H and O–H groups in total. The van der Waals surface area contributed by atoms with Gasteiger partial charge in [0.25, 0.3) is 0 Å². The Morgan fingerprint density at radius 3 is 2.62 bits per heavy atom. The Kier molecular flexibility index (Phi) is 5.03. The summed E-state index contributed by atoms with van der Waals surface area (Å²) in [6.45, 7) is 6.82. The van der Waals surface area contributed by atoms with Gasteiger partial charge in [0.15, 0.2) is 6.29 Å². The van der Waals surface area contributed by atoms with Gasteiger partial charge < -0.3 is 4.74 Å². The Balaban J connectivity index is 2.74. The van der Waals surface area contributed by atoms with Gasteiger partial charge in [0, 0.05) is 0 Å². The number of unbranched alkanes of at least 4 members (excludes halogenated alkanes) is 2. The zero-order valence-electron chi connectivity index (χ0n) is 10.4. The van der Waals surface area contributed by atoms with Crippen LogP contribution >= 0.6 is 0 Å². The minimum atomic E-state index is 0.661. The maximum atomic E-state index is 10.9. The minimum absolute atomic E-state index is 0.661. The van der Waals surface area contributed by atoms with Crippen molar-refractivity contribution >= 4 is 6.29 Å². The first-order valence-corrected chi connectivity index (χ1v) is 5.88. The summed E-state index contributed by atoms with van der Waals surface area (Å²) >= 11 is 0. The standard InChI is InChI=1S/C14H20O2/c1-4-5-6-7-16-14-12(3)8-11(2)9-13(14)10-15/h8-10H,4-7H2,1-3H3. The van der Waals surface area contributed by atoms with E-state index in [0.717, 1.165) is 29.6 Å². The van der Waals surface area contributed by atoms with Crippen LogP contribution in [0.25, 0.3) is 0 Å². The predicted octanol–water partition coefficient (Wildman–Crippen LogP) is 3.68. The number of ether oxygens (including phenoxy) is 1. The topological polar surface area (TPSA) is 26.3 Å². The fraction of sp³-hybridized carbons (Fsp3) is 0.500. The molecule has 1 aromatic rings. The summed E-state index contributed by atoms with van der Waals surface area (Å²) in [6.07, 6.45) is 4.26. The van der Waals surface area contributed by atoms with E-state index in [0.29, 0.717) is 12.2 Å². The molecule has 0 aliphatic rings. The first kappa shape index (κ1) is 12.8. The molecule has 0 fully saturated rings. The Morgan fingerprint density at radius 2 is 2.00 bits per heavy atom. The van der Waals surface area contributed by atoms with Crippen LogP contribution < -0.4 is 4.74 Å². The second-order valence-corrected chi connectivity index (χ2v) is 4.17. The second kappa shape index (κ2) is 6.31. The van der Waals surface area contributed by atoms with Gasteiger partial charge in [0.1, 0.15) is 5.75 Å². The largest absolute Gasteiger partial charge is 0.493 e. The molecule has 0 aromatic heterocycles. The maximum absolute atomic E-state index is 10.9. The summed E-state index contributed by atoms with van der Waals surface area (Å²) in [6, 6.07) is 3.91. The highest BCUT2D eigenvalue weighted by molar-refractivity contribution is 5.80. The van der Waals surface area contributed by atoms with Crippen LogP contribution in [0.5, 0.6) is 5.75 Å². The van der Waals surface area contributed by atoms with E-state index in [9.17, 15) is 4.79 Å². The molecule has 0 bridgehead atoms. The van der Waals surface area contributed by atoms with E-state index in [2.05, 4.69) is 6.92 Å². The average molecular weight is 220 g/mol. The number of carbonyl (C=O) groups excluding carboxylic acids is 1. The van der Waals surface area contributed by atoms with E-state index < -0.39 is 0 Å². The molecule has 0 unspecified atom stereocenters. The van der Waals surface area contributed by atoms with E-state index in [1.54, 1.807) is 0 Å². The van der Waals surface area contributed by atoms with Crippen LogP contribution in [0.2, 0.25) is 0 Å². The summed E-state index contributed by atoms with van der Waals surface area (Å²) < 4.78 is 5.68. The van der Waals surface area contributed by atoms with Gasteiger partial charge in [-0.3, -0.25) is 4.79 Å². The molecule has 0 saturated heterocycles. The Bertz CT molecular complexity index is 356. The van der Waals surface area contributed by atoms with Gasteiger partial charge in [-0.2, -0.15) is 0 Å². The summed E-state index contributed by atoms with van der Waals surface area (Å²) in [4.78, 5) is 10.9. The molecule has 0 spiro atoms. The number of aryl methyl sites for hydroxylation is 2. The van der Waals surface area contributed by atoms with E-state index >= 15 is 0 Å². The number of carbonyl (C=O) groups is 1. The van der Waals surface area contributed by atoms with Gasteiger partial charge >= 0.3 is 0 Å². The van der Waals surface area contributed by atoms with Crippen LogP contribution in [0.15, 0.2) is 12.1 Å². The van der Waals surface area contributed by atoms with Crippen molar-refractivity contribution in [2.75, 3.05) is 6.61 Å². The molecular weight excluding hydrogens is 200 g/mol. The normalized spacial score (nSPS) is 10.2. The Hall–Kier alpha value is -1.31. The van der Waals surface area contributed by atoms with E-state index in [1.807, 2.05) is 26.0 Å². The van der Waals surface area contributed by atoms with Crippen molar-refractivity contribution < 1.29 is 9.53 Å². The average Bonchev–Trinajstić information content (AvgIpc) is 2.26. The minimum Gasteiger partial charge on any atom is -0.493 e. The van der Waals surface area contributed by atoms with Crippen LogP contribution in [-0.4, -0.2) is 12.9 Å². The molecule has 0 saturated carbocycles. The molecule has 0 aliphatic carbocycles. The lowest BCUT2D eigenvalue weighted by Gasteiger charge is -2.12. The lowest BCUT2D eigenvalue weighted by molar-refractivity contribution is 0.111. The molecule has 2 heteroatoms. The second-order valence-electron chi connectivity index (χ2n) is 4.17. The third kappa shape index (κ3) is 3.37.